The van der Waals surface area contributed by atoms with Crippen LogP contribution >= 0.6 is 0 Å². The van der Waals surface area contributed by atoms with Crippen LogP contribution < -0.4 is 0 Å². The van der Waals surface area contributed by atoms with Crippen LogP contribution in [0.15, 0.2) is 24.5 Å². The van der Waals surface area contributed by atoms with Gasteiger partial charge in [-0.1, -0.05) is 13.8 Å². The molecule has 0 radical (unpaired) electrons. The topological polar surface area (TPSA) is 12.9 Å². The van der Waals surface area contributed by atoms with Crippen molar-refractivity contribution in [1.82, 2.24) is 4.98 Å². The van der Waals surface area contributed by atoms with Crippen LogP contribution in [0.5, 0.6) is 0 Å². The van der Waals surface area contributed by atoms with E-state index in [4.69, 9.17) is 0 Å². The fourth-order valence-electron chi connectivity index (χ4n) is 3.93. The van der Waals surface area contributed by atoms with Gasteiger partial charge in [0, 0.05) is 12.4 Å². The summed E-state index contributed by atoms with van der Waals surface area (Å²) in [5.41, 5.74) is 1.52. The maximum absolute atomic E-state index is 4.11. The molecule has 1 aromatic heterocycles. The third kappa shape index (κ3) is 1.32. The molecule has 0 aliphatic heterocycles. The zero-order valence-electron chi connectivity index (χ0n) is 9.56. The zero-order valence-corrected chi connectivity index (χ0v) is 9.56. The number of rotatable bonds is 1. The van der Waals surface area contributed by atoms with E-state index in [1.165, 1.54) is 18.4 Å². The first-order valence-electron chi connectivity index (χ1n) is 6.17. The van der Waals surface area contributed by atoms with E-state index in [1.54, 1.807) is 0 Å². The maximum Gasteiger partial charge on any atom is 0.0270 e. The van der Waals surface area contributed by atoms with E-state index in [1.807, 2.05) is 12.4 Å². The molecule has 3 rings (SSSR count). The van der Waals surface area contributed by atoms with Crippen LogP contribution in [0.1, 0.15) is 38.2 Å². The molecule has 0 saturated heterocycles. The predicted octanol–water partition coefficient (Wildman–Crippen LogP) is 3.48. The van der Waals surface area contributed by atoms with E-state index in [-0.39, 0.29) is 0 Å². The smallest absolute Gasteiger partial charge is 0.0270 e. The van der Waals surface area contributed by atoms with Gasteiger partial charge in [-0.3, -0.25) is 4.98 Å². The molecule has 0 N–H and O–H groups in total. The maximum atomic E-state index is 4.11. The quantitative estimate of drug-likeness (QED) is 0.678. The highest BCUT2D eigenvalue weighted by atomic mass is 14.6. The van der Waals surface area contributed by atoms with Crippen molar-refractivity contribution in [3.8, 4) is 0 Å². The highest BCUT2D eigenvalue weighted by Crippen LogP contribution is 2.58. The molecule has 5 atom stereocenters. The van der Waals surface area contributed by atoms with Gasteiger partial charge >= 0.3 is 0 Å². The summed E-state index contributed by atoms with van der Waals surface area (Å²) in [4.78, 5) is 4.11. The fraction of sp³-hybridized carbons (Fsp3) is 0.643. The molecule has 1 aromatic rings. The molecule has 2 aliphatic rings. The first kappa shape index (κ1) is 9.38. The van der Waals surface area contributed by atoms with Crippen LogP contribution in [0.2, 0.25) is 0 Å². The summed E-state index contributed by atoms with van der Waals surface area (Å²) in [5.74, 6) is 4.62. The van der Waals surface area contributed by atoms with Crippen molar-refractivity contribution in [2.75, 3.05) is 0 Å². The van der Waals surface area contributed by atoms with Gasteiger partial charge in [-0.2, -0.15) is 0 Å². The van der Waals surface area contributed by atoms with E-state index in [0.717, 1.165) is 29.6 Å². The highest BCUT2D eigenvalue weighted by molar-refractivity contribution is 5.21. The number of fused-ring (bicyclic) bond motifs is 2. The van der Waals surface area contributed by atoms with Gasteiger partial charge in [0.25, 0.3) is 0 Å². The van der Waals surface area contributed by atoms with E-state index in [0.29, 0.717) is 0 Å². The molecule has 15 heavy (non-hydrogen) atoms. The molecular formula is C14H19N. The Bertz CT molecular complexity index is 344. The Kier molecular flexibility index (Phi) is 2.08. The summed E-state index contributed by atoms with van der Waals surface area (Å²) in [7, 11) is 0. The van der Waals surface area contributed by atoms with Crippen molar-refractivity contribution in [2.45, 2.75) is 32.6 Å². The second-order valence-corrected chi connectivity index (χ2v) is 5.50. The Morgan fingerprint density at radius 1 is 1.07 bits per heavy atom. The van der Waals surface area contributed by atoms with Crippen LogP contribution in [-0.4, -0.2) is 4.98 Å². The Morgan fingerprint density at radius 3 is 2.40 bits per heavy atom. The number of aromatic nitrogens is 1. The lowest BCUT2D eigenvalue weighted by atomic mass is 9.73. The van der Waals surface area contributed by atoms with Gasteiger partial charge in [-0.05, 0) is 60.1 Å². The van der Waals surface area contributed by atoms with Crippen LogP contribution in [0.25, 0.3) is 0 Å². The third-order valence-corrected chi connectivity index (χ3v) is 5.03. The number of hydrogen-bond donors (Lipinski definition) is 0. The summed E-state index contributed by atoms with van der Waals surface area (Å²) >= 11 is 0. The molecule has 0 amide bonds. The van der Waals surface area contributed by atoms with E-state index in [9.17, 15) is 0 Å². The van der Waals surface area contributed by atoms with E-state index >= 15 is 0 Å². The van der Waals surface area contributed by atoms with Gasteiger partial charge in [0.1, 0.15) is 0 Å². The molecular weight excluding hydrogens is 182 g/mol. The van der Waals surface area contributed by atoms with Gasteiger partial charge in [0.05, 0.1) is 0 Å². The highest BCUT2D eigenvalue weighted by Gasteiger charge is 2.48. The Hall–Kier alpha value is -0.850. The van der Waals surface area contributed by atoms with Gasteiger partial charge in [0.15, 0.2) is 0 Å². The second kappa shape index (κ2) is 3.33. The molecule has 2 bridgehead atoms. The molecule has 2 aliphatic carbocycles. The molecule has 5 unspecified atom stereocenters. The lowest BCUT2D eigenvalue weighted by Gasteiger charge is -2.31. The minimum Gasteiger partial charge on any atom is -0.265 e. The average Bonchev–Trinajstić information content (AvgIpc) is 2.82. The zero-order chi connectivity index (χ0) is 10.4. The molecule has 0 spiro atoms. The van der Waals surface area contributed by atoms with Gasteiger partial charge in [0.2, 0.25) is 0 Å². The SMILES string of the molecule is CC1C2CC(c3ccncc3)C(C2)C1C. The standard InChI is InChI=1S/C14H19N/c1-9-10(2)13-7-12(9)8-14(13)11-3-5-15-6-4-11/h3-6,9-10,12-14H,7-8H2,1-2H3. The van der Waals surface area contributed by atoms with Crippen LogP contribution in [0.4, 0.5) is 0 Å². The van der Waals surface area contributed by atoms with Gasteiger partial charge in [-0.25, -0.2) is 0 Å². The Balaban J connectivity index is 1.87. The van der Waals surface area contributed by atoms with E-state index < -0.39 is 0 Å². The van der Waals surface area contributed by atoms with Gasteiger partial charge < -0.3 is 0 Å². The minimum absolute atomic E-state index is 0.823. The van der Waals surface area contributed by atoms with Crippen LogP contribution in [0, 0.1) is 23.7 Å². The van der Waals surface area contributed by atoms with Crippen molar-refractivity contribution >= 4 is 0 Å². The normalized spacial score (nSPS) is 43.5. The summed E-state index contributed by atoms with van der Waals surface area (Å²) < 4.78 is 0. The third-order valence-electron chi connectivity index (χ3n) is 5.03. The lowest BCUT2D eigenvalue weighted by molar-refractivity contribution is 0.232. The second-order valence-electron chi connectivity index (χ2n) is 5.50. The molecule has 2 saturated carbocycles. The first-order chi connectivity index (χ1) is 7.27. The number of hydrogen-bond acceptors (Lipinski definition) is 1. The summed E-state index contributed by atoms with van der Waals surface area (Å²) in [6.07, 6.45) is 6.76. The summed E-state index contributed by atoms with van der Waals surface area (Å²) in [6, 6.07) is 4.42. The van der Waals surface area contributed by atoms with Crippen molar-refractivity contribution in [3.63, 3.8) is 0 Å². The number of pyridine rings is 1. The van der Waals surface area contributed by atoms with Crippen LogP contribution in [-0.2, 0) is 0 Å². The first-order valence-corrected chi connectivity index (χ1v) is 6.17. The van der Waals surface area contributed by atoms with E-state index in [2.05, 4.69) is 31.0 Å². The van der Waals surface area contributed by atoms with Crippen molar-refractivity contribution in [3.05, 3.63) is 30.1 Å². The van der Waals surface area contributed by atoms with Crippen molar-refractivity contribution in [2.24, 2.45) is 23.7 Å². The molecule has 1 heterocycles. The van der Waals surface area contributed by atoms with Crippen molar-refractivity contribution < 1.29 is 0 Å². The molecule has 1 nitrogen and oxygen atoms in total. The molecule has 0 aromatic carbocycles. The Morgan fingerprint density at radius 2 is 1.80 bits per heavy atom. The largest absolute Gasteiger partial charge is 0.265 e. The molecule has 1 heteroatoms. The molecule has 80 valence electrons. The Labute approximate surface area is 91.9 Å². The van der Waals surface area contributed by atoms with Crippen LogP contribution in [0.3, 0.4) is 0 Å². The lowest BCUT2D eigenvalue weighted by Crippen LogP contribution is -2.23. The van der Waals surface area contributed by atoms with Gasteiger partial charge in [-0.15, -0.1) is 0 Å². The minimum atomic E-state index is 0.823. The fourth-order valence-corrected chi connectivity index (χ4v) is 3.93. The predicted molar refractivity (Wildman–Crippen MR) is 61.5 cm³/mol. The monoisotopic (exact) mass is 201 g/mol. The summed E-state index contributed by atoms with van der Waals surface area (Å²) in [5, 5.41) is 0. The average molecular weight is 201 g/mol. The molecule has 2 fully saturated rings. The number of nitrogens with zero attached hydrogens (tertiary/aromatic N) is 1. The summed E-state index contributed by atoms with van der Waals surface area (Å²) in [6.45, 7) is 4.89. The van der Waals surface area contributed by atoms with Crippen molar-refractivity contribution in [1.29, 1.82) is 0 Å².